The lowest BCUT2D eigenvalue weighted by atomic mass is 9.76. The molecule has 3 aromatic rings. The molecule has 1 aromatic carbocycles. The Labute approximate surface area is 232 Å². The number of carbonyl (C=O) groups is 2. The van der Waals surface area contributed by atoms with E-state index in [4.69, 9.17) is 10.3 Å². The van der Waals surface area contributed by atoms with E-state index in [0.717, 1.165) is 0 Å². The number of anilines is 2. The number of nitrogens with zero attached hydrogens (tertiary/aromatic N) is 5. The van der Waals surface area contributed by atoms with Gasteiger partial charge in [0.05, 0.1) is 27.8 Å². The Hall–Kier alpha value is -3.54. The van der Waals surface area contributed by atoms with Crippen molar-refractivity contribution in [1.82, 2.24) is 15.4 Å². The average Bonchev–Trinajstić information content (AvgIpc) is 3.52. The van der Waals surface area contributed by atoms with Gasteiger partial charge in [0, 0.05) is 23.8 Å². The maximum atomic E-state index is 14.0. The molecule has 38 heavy (non-hydrogen) atoms. The number of thioether (sulfide) groups is 1. The van der Waals surface area contributed by atoms with E-state index < -0.39 is 11.7 Å². The third kappa shape index (κ3) is 4.96. The van der Waals surface area contributed by atoms with Crippen LogP contribution in [-0.4, -0.2) is 32.8 Å². The first kappa shape index (κ1) is 26.1. The Morgan fingerprint density at radius 1 is 1.39 bits per heavy atom. The van der Waals surface area contributed by atoms with Gasteiger partial charge in [0.25, 0.3) is 0 Å². The van der Waals surface area contributed by atoms with Crippen LogP contribution in [0.5, 0.6) is 0 Å². The molecule has 1 amide bonds. The quantitative estimate of drug-likeness (QED) is 0.371. The van der Waals surface area contributed by atoms with Gasteiger partial charge in [-0.2, -0.15) is 5.26 Å². The van der Waals surface area contributed by atoms with Crippen molar-refractivity contribution in [3.8, 4) is 6.07 Å². The Morgan fingerprint density at radius 3 is 2.92 bits per heavy atom. The zero-order chi connectivity index (χ0) is 27.0. The van der Waals surface area contributed by atoms with Gasteiger partial charge in [0.15, 0.2) is 15.9 Å². The largest absolute Gasteiger partial charge is 0.384 e. The van der Waals surface area contributed by atoms with Crippen molar-refractivity contribution in [3.63, 3.8) is 0 Å². The Morgan fingerprint density at radius 2 is 2.21 bits per heavy atom. The molecule has 0 radical (unpaired) electrons. The molecule has 0 spiro atoms. The van der Waals surface area contributed by atoms with Crippen LogP contribution in [0.3, 0.4) is 0 Å². The minimum Gasteiger partial charge on any atom is -0.384 e. The molecule has 194 valence electrons. The lowest BCUT2D eigenvalue weighted by Gasteiger charge is -2.38. The molecule has 1 unspecified atom stereocenters. The number of halogens is 2. The second-order valence-electron chi connectivity index (χ2n) is 8.50. The Balaban J connectivity index is 1.45. The van der Waals surface area contributed by atoms with Gasteiger partial charge >= 0.3 is 0 Å². The van der Waals surface area contributed by atoms with Gasteiger partial charge in [-0.25, -0.2) is 4.39 Å². The topological polar surface area (TPSA) is 151 Å². The standard InChI is InChI=1S/C24H19BrFN7O3S2/c1-11-7-18(32-36-11)29-19(35)10-37-24-31-30-23(38-24)33-16-3-2-4-17(34)21(16)20(13(9-27)22(33)28)12-5-6-15(26)14(25)8-12/h5-8,20H,2-4,10,28H2,1H3,(H,29,32,35). The van der Waals surface area contributed by atoms with Crippen LogP contribution in [0.25, 0.3) is 0 Å². The Kier molecular flexibility index (Phi) is 7.33. The maximum absolute atomic E-state index is 14.0. The van der Waals surface area contributed by atoms with Crippen LogP contribution in [-0.2, 0) is 9.59 Å². The van der Waals surface area contributed by atoms with E-state index in [1.807, 2.05) is 0 Å². The molecule has 2 aromatic heterocycles. The molecule has 0 bridgehead atoms. The number of aromatic nitrogens is 3. The number of Topliss-reactive ketones (excluding diaryl/α,β-unsaturated/α-hetero) is 1. The van der Waals surface area contributed by atoms with E-state index in [1.165, 1.54) is 29.2 Å². The van der Waals surface area contributed by atoms with E-state index in [0.29, 0.717) is 57.1 Å². The molecular formula is C24H19BrFN7O3S2. The van der Waals surface area contributed by atoms with Crippen LogP contribution in [0.2, 0.25) is 0 Å². The molecule has 14 heteroatoms. The number of ketones is 1. The molecule has 0 fully saturated rings. The second-order valence-corrected chi connectivity index (χ2v) is 11.5. The van der Waals surface area contributed by atoms with Crippen molar-refractivity contribution in [1.29, 1.82) is 5.26 Å². The summed E-state index contributed by atoms with van der Waals surface area (Å²) >= 11 is 5.57. The summed E-state index contributed by atoms with van der Waals surface area (Å²) in [5.74, 6) is -0.459. The molecule has 1 aliphatic carbocycles. The zero-order valence-electron chi connectivity index (χ0n) is 19.8. The minimum absolute atomic E-state index is 0.0588. The average molecular weight is 616 g/mol. The third-order valence-electron chi connectivity index (χ3n) is 6.00. The number of nitrogens with one attached hydrogen (secondary N) is 1. The molecule has 1 aliphatic heterocycles. The van der Waals surface area contributed by atoms with Crippen LogP contribution in [0.4, 0.5) is 15.3 Å². The zero-order valence-corrected chi connectivity index (χ0v) is 23.0. The van der Waals surface area contributed by atoms with Crippen molar-refractivity contribution in [3.05, 3.63) is 68.5 Å². The number of nitrogens with two attached hydrogens (primary N) is 1. The van der Waals surface area contributed by atoms with Crippen LogP contribution in [0, 0.1) is 24.1 Å². The molecule has 3 N–H and O–H groups in total. The normalized spacial score (nSPS) is 17.5. The second kappa shape index (κ2) is 10.7. The summed E-state index contributed by atoms with van der Waals surface area (Å²) < 4.78 is 19.6. The third-order valence-corrected chi connectivity index (χ3v) is 8.65. The minimum atomic E-state index is -0.721. The van der Waals surface area contributed by atoms with Gasteiger partial charge in [-0.1, -0.05) is 34.3 Å². The number of hydrogen-bond acceptors (Lipinski definition) is 11. The highest BCUT2D eigenvalue weighted by atomic mass is 79.9. The van der Waals surface area contributed by atoms with Crippen molar-refractivity contribution in [2.75, 3.05) is 16.0 Å². The van der Waals surface area contributed by atoms with E-state index >= 15 is 0 Å². The van der Waals surface area contributed by atoms with Gasteiger partial charge in [0.1, 0.15) is 17.4 Å². The van der Waals surface area contributed by atoms with Gasteiger partial charge in [-0.15, -0.1) is 10.2 Å². The predicted octanol–water partition coefficient (Wildman–Crippen LogP) is 4.77. The van der Waals surface area contributed by atoms with Crippen LogP contribution in [0.1, 0.15) is 36.5 Å². The van der Waals surface area contributed by atoms with Crippen molar-refractivity contribution in [2.24, 2.45) is 5.73 Å². The lowest BCUT2D eigenvalue weighted by Crippen LogP contribution is -2.38. The molecule has 0 saturated carbocycles. The van der Waals surface area contributed by atoms with E-state index in [1.54, 1.807) is 30.0 Å². The first-order valence-corrected chi connectivity index (χ1v) is 14.0. The smallest absolute Gasteiger partial charge is 0.236 e. The molecule has 3 heterocycles. The fraction of sp³-hybridized carbons (Fsp3) is 0.250. The van der Waals surface area contributed by atoms with Crippen molar-refractivity contribution < 1.29 is 18.5 Å². The number of benzene rings is 1. The van der Waals surface area contributed by atoms with E-state index in [2.05, 4.69) is 42.7 Å². The van der Waals surface area contributed by atoms with Crippen LogP contribution in [0.15, 0.2) is 60.3 Å². The fourth-order valence-electron chi connectivity index (χ4n) is 4.41. The summed E-state index contributed by atoms with van der Waals surface area (Å²) in [6.45, 7) is 1.72. The highest BCUT2D eigenvalue weighted by Gasteiger charge is 2.41. The summed E-state index contributed by atoms with van der Waals surface area (Å²) in [7, 11) is 0. The number of hydrogen-bond donors (Lipinski definition) is 2. The number of nitriles is 1. The summed E-state index contributed by atoms with van der Waals surface area (Å²) in [4.78, 5) is 27.1. The van der Waals surface area contributed by atoms with E-state index in [-0.39, 0.29) is 33.3 Å². The van der Waals surface area contributed by atoms with Crippen LogP contribution < -0.4 is 16.0 Å². The summed E-state index contributed by atoms with van der Waals surface area (Å²) in [6, 6.07) is 8.19. The fourth-order valence-corrected chi connectivity index (χ4v) is 6.49. The SMILES string of the molecule is Cc1cc(NC(=O)CSc2nnc(N3C(N)=C(C#N)C(c4ccc(F)c(Br)c4)C4=C3CCCC4=O)s2)no1. The van der Waals surface area contributed by atoms with Gasteiger partial charge in [-0.3, -0.25) is 14.5 Å². The molecule has 1 atom stereocenters. The summed E-state index contributed by atoms with van der Waals surface area (Å²) in [5, 5.41) is 25.3. The van der Waals surface area contributed by atoms with Crippen molar-refractivity contribution >= 4 is 61.7 Å². The highest BCUT2D eigenvalue weighted by molar-refractivity contribution is 9.10. The van der Waals surface area contributed by atoms with Gasteiger partial charge in [-0.05, 0) is 53.4 Å². The molecule has 0 saturated heterocycles. The maximum Gasteiger partial charge on any atom is 0.236 e. The monoisotopic (exact) mass is 615 g/mol. The molecule has 10 nitrogen and oxygen atoms in total. The summed E-state index contributed by atoms with van der Waals surface area (Å²) in [6.07, 6.45) is 1.49. The highest BCUT2D eigenvalue weighted by Crippen LogP contribution is 2.47. The molecule has 5 rings (SSSR count). The van der Waals surface area contributed by atoms with Gasteiger partial charge < -0.3 is 15.6 Å². The number of amides is 1. The first-order chi connectivity index (χ1) is 18.3. The number of rotatable bonds is 6. The summed E-state index contributed by atoms with van der Waals surface area (Å²) in [5.41, 5.74) is 8.39. The molecular weight excluding hydrogens is 597 g/mol. The lowest BCUT2D eigenvalue weighted by molar-refractivity contribution is -0.116. The van der Waals surface area contributed by atoms with Gasteiger partial charge in [0.2, 0.25) is 11.0 Å². The van der Waals surface area contributed by atoms with Crippen LogP contribution >= 0.6 is 39.0 Å². The Bertz CT molecular complexity index is 1560. The number of aryl methyl sites for hydroxylation is 1. The predicted molar refractivity (Wildman–Crippen MR) is 143 cm³/mol. The first-order valence-electron chi connectivity index (χ1n) is 11.4. The number of carbonyl (C=O) groups excluding carboxylic acids is 2. The number of allylic oxidation sites excluding steroid dienone is 3. The van der Waals surface area contributed by atoms with Crippen molar-refractivity contribution in [2.45, 2.75) is 36.4 Å². The van der Waals surface area contributed by atoms with E-state index in [9.17, 15) is 19.2 Å². The molecule has 2 aliphatic rings.